The van der Waals surface area contributed by atoms with Crippen LogP contribution in [0.4, 0.5) is 0 Å². The number of ether oxygens (including phenoxy) is 2. The molecule has 2 aliphatic heterocycles. The number of furan rings is 1. The predicted octanol–water partition coefficient (Wildman–Crippen LogP) is 3.42. The van der Waals surface area contributed by atoms with Crippen LogP contribution in [0.5, 0.6) is 0 Å². The van der Waals surface area contributed by atoms with Gasteiger partial charge in [-0.05, 0) is 43.1 Å². The highest BCUT2D eigenvalue weighted by atomic mass is 16.5. The lowest BCUT2D eigenvalue weighted by atomic mass is 9.45. The van der Waals surface area contributed by atoms with Gasteiger partial charge in [-0.2, -0.15) is 0 Å². The highest BCUT2D eigenvalue weighted by molar-refractivity contribution is 5.79. The molecule has 1 saturated carbocycles. The lowest BCUT2D eigenvalue weighted by Gasteiger charge is -2.59. The fourth-order valence-corrected chi connectivity index (χ4v) is 6.09. The number of fused-ring (bicyclic) bond motifs is 2. The van der Waals surface area contributed by atoms with Gasteiger partial charge in [0.1, 0.15) is 6.10 Å². The van der Waals surface area contributed by atoms with Gasteiger partial charge >= 0.3 is 11.9 Å². The SMILES string of the molecule is C[C@]12C[C@H](c3ccoc3)OC(=O)[C@H]1CC[C@@]13COC(=O)[C@@H]1C=CC[C@@H]23. The van der Waals surface area contributed by atoms with Gasteiger partial charge in [-0.25, -0.2) is 0 Å². The van der Waals surface area contributed by atoms with Crippen LogP contribution in [0, 0.1) is 28.6 Å². The molecule has 3 fully saturated rings. The molecule has 0 amide bonds. The van der Waals surface area contributed by atoms with Crippen LogP contribution in [0.1, 0.15) is 44.3 Å². The standard InChI is InChI=1S/C20H22O5/c1-19-9-15(12-6-8-23-10-12)25-18(22)13(19)5-7-20-11-24-17(21)14(20)3-2-4-16(19)20/h2-3,6,8,10,13-16H,4-5,7,9,11H2,1H3/t13-,14+,15-,16+,19+,20-/m1/s1. The zero-order valence-electron chi connectivity index (χ0n) is 14.3. The minimum absolute atomic E-state index is 0.103. The lowest BCUT2D eigenvalue weighted by molar-refractivity contribution is -0.195. The number of hydrogen-bond acceptors (Lipinski definition) is 5. The number of carbonyl (C=O) groups is 2. The van der Waals surface area contributed by atoms with E-state index in [9.17, 15) is 9.59 Å². The zero-order chi connectivity index (χ0) is 17.2. The van der Waals surface area contributed by atoms with E-state index < -0.39 is 0 Å². The third-order valence-electron chi connectivity index (χ3n) is 7.32. The molecular weight excluding hydrogens is 320 g/mol. The summed E-state index contributed by atoms with van der Waals surface area (Å²) in [5, 5.41) is 0. The van der Waals surface area contributed by atoms with Crippen molar-refractivity contribution in [3.63, 3.8) is 0 Å². The smallest absolute Gasteiger partial charge is 0.313 e. The molecule has 25 heavy (non-hydrogen) atoms. The number of hydrogen-bond donors (Lipinski definition) is 0. The van der Waals surface area contributed by atoms with Gasteiger partial charge in [0.05, 0.1) is 31.0 Å². The summed E-state index contributed by atoms with van der Waals surface area (Å²) in [6, 6.07) is 1.87. The van der Waals surface area contributed by atoms with Crippen molar-refractivity contribution in [3.8, 4) is 0 Å². The van der Waals surface area contributed by atoms with Crippen LogP contribution in [0.25, 0.3) is 0 Å². The Kier molecular flexibility index (Phi) is 3.04. The molecule has 0 radical (unpaired) electrons. The summed E-state index contributed by atoms with van der Waals surface area (Å²) < 4.78 is 16.4. The second kappa shape index (κ2) is 4.99. The minimum Gasteiger partial charge on any atom is -0.472 e. The Balaban J connectivity index is 1.56. The van der Waals surface area contributed by atoms with Gasteiger partial charge in [-0.1, -0.05) is 19.1 Å². The van der Waals surface area contributed by atoms with Crippen molar-refractivity contribution in [1.82, 2.24) is 0 Å². The summed E-state index contributed by atoms with van der Waals surface area (Å²) in [5.74, 6) is -0.218. The molecule has 0 aromatic carbocycles. The van der Waals surface area contributed by atoms with Crippen LogP contribution < -0.4 is 0 Å². The maximum absolute atomic E-state index is 12.8. The molecule has 0 N–H and O–H groups in total. The van der Waals surface area contributed by atoms with Crippen LogP contribution in [0.2, 0.25) is 0 Å². The normalized spacial score (nSPS) is 45.2. The van der Waals surface area contributed by atoms with E-state index >= 15 is 0 Å². The number of rotatable bonds is 1. The molecule has 4 aliphatic rings. The summed E-state index contributed by atoms with van der Waals surface area (Å²) in [5.41, 5.74) is 0.552. The topological polar surface area (TPSA) is 65.7 Å². The Morgan fingerprint density at radius 1 is 1.24 bits per heavy atom. The van der Waals surface area contributed by atoms with Crippen molar-refractivity contribution < 1.29 is 23.5 Å². The fraction of sp³-hybridized carbons (Fsp3) is 0.600. The van der Waals surface area contributed by atoms with E-state index in [2.05, 4.69) is 13.0 Å². The van der Waals surface area contributed by atoms with Gasteiger partial charge in [0.15, 0.2) is 0 Å². The maximum atomic E-state index is 12.8. The highest BCUT2D eigenvalue weighted by Gasteiger charge is 2.66. The van der Waals surface area contributed by atoms with Gasteiger partial charge in [0.2, 0.25) is 0 Å². The van der Waals surface area contributed by atoms with Crippen LogP contribution in [0.15, 0.2) is 35.2 Å². The highest BCUT2D eigenvalue weighted by Crippen LogP contribution is 2.66. The quantitative estimate of drug-likeness (QED) is 0.578. The van der Waals surface area contributed by atoms with Crippen LogP contribution in [-0.2, 0) is 19.1 Å². The lowest BCUT2D eigenvalue weighted by Crippen LogP contribution is -2.58. The number of carbonyl (C=O) groups excluding carboxylic acids is 2. The third-order valence-corrected chi connectivity index (χ3v) is 7.32. The Bertz CT molecular complexity index is 750. The maximum Gasteiger partial charge on any atom is 0.313 e. The Labute approximate surface area is 146 Å². The van der Waals surface area contributed by atoms with Crippen molar-refractivity contribution in [2.45, 2.75) is 38.7 Å². The monoisotopic (exact) mass is 342 g/mol. The van der Waals surface area contributed by atoms with E-state index in [1.807, 2.05) is 12.1 Å². The van der Waals surface area contributed by atoms with Crippen LogP contribution in [-0.4, -0.2) is 18.5 Å². The minimum atomic E-state index is -0.273. The molecule has 0 unspecified atom stereocenters. The molecule has 132 valence electrons. The third kappa shape index (κ3) is 1.89. The van der Waals surface area contributed by atoms with Gasteiger partial charge in [0.25, 0.3) is 0 Å². The first-order valence-electron chi connectivity index (χ1n) is 9.10. The first-order chi connectivity index (χ1) is 12.0. The van der Waals surface area contributed by atoms with Gasteiger partial charge in [-0.15, -0.1) is 0 Å². The van der Waals surface area contributed by atoms with Crippen molar-refractivity contribution >= 4 is 11.9 Å². The molecule has 5 nitrogen and oxygen atoms in total. The van der Waals surface area contributed by atoms with Gasteiger partial charge < -0.3 is 13.9 Å². The van der Waals surface area contributed by atoms with E-state index in [-0.39, 0.29) is 46.6 Å². The number of cyclic esters (lactones) is 2. The fourth-order valence-electron chi connectivity index (χ4n) is 6.09. The average molecular weight is 342 g/mol. The van der Waals surface area contributed by atoms with Crippen molar-refractivity contribution in [1.29, 1.82) is 0 Å². The second-order valence-corrected chi connectivity index (χ2v) is 8.32. The Morgan fingerprint density at radius 2 is 2.12 bits per heavy atom. The summed E-state index contributed by atoms with van der Waals surface area (Å²) >= 11 is 0. The molecule has 1 aromatic heterocycles. The largest absolute Gasteiger partial charge is 0.472 e. The van der Waals surface area contributed by atoms with Crippen molar-refractivity contribution in [2.24, 2.45) is 28.6 Å². The number of allylic oxidation sites excluding steroid dienone is 1. The average Bonchev–Trinajstić information content (AvgIpc) is 3.23. The van der Waals surface area contributed by atoms with Gasteiger partial charge in [-0.3, -0.25) is 9.59 Å². The first-order valence-corrected chi connectivity index (χ1v) is 9.10. The summed E-state index contributed by atoms with van der Waals surface area (Å²) in [7, 11) is 0. The summed E-state index contributed by atoms with van der Waals surface area (Å²) in [4.78, 5) is 25.1. The molecule has 5 heteroatoms. The molecule has 0 bridgehead atoms. The molecule has 2 saturated heterocycles. The predicted molar refractivity (Wildman–Crippen MR) is 87.1 cm³/mol. The van der Waals surface area contributed by atoms with Crippen LogP contribution in [0.3, 0.4) is 0 Å². The summed E-state index contributed by atoms with van der Waals surface area (Å²) in [6.45, 7) is 2.70. The second-order valence-electron chi connectivity index (χ2n) is 8.32. The molecule has 5 rings (SSSR count). The molecular formula is C20H22O5. The molecule has 1 spiro atoms. The van der Waals surface area contributed by atoms with Crippen molar-refractivity contribution in [3.05, 3.63) is 36.3 Å². The Hall–Kier alpha value is -2.04. The molecule has 2 aliphatic carbocycles. The molecule has 3 heterocycles. The van der Waals surface area contributed by atoms with E-state index in [1.54, 1.807) is 12.5 Å². The van der Waals surface area contributed by atoms with Crippen LogP contribution >= 0.6 is 0 Å². The number of esters is 2. The van der Waals surface area contributed by atoms with Crippen molar-refractivity contribution in [2.75, 3.05) is 6.61 Å². The molecule has 1 aromatic rings. The Morgan fingerprint density at radius 3 is 2.92 bits per heavy atom. The first kappa shape index (κ1) is 15.2. The van der Waals surface area contributed by atoms with E-state index in [0.29, 0.717) is 6.61 Å². The van der Waals surface area contributed by atoms with E-state index in [4.69, 9.17) is 13.9 Å². The van der Waals surface area contributed by atoms with E-state index in [1.165, 1.54) is 0 Å². The summed E-state index contributed by atoms with van der Waals surface area (Å²) in [6.07, 6.45) is 10.4. The zero-order valence-corrected chi connectivity index (χ0v) is 14.3. The van der Waals surface area contributed by atoms with E-state index in [0.717, 1.165) is 31.2 Å². The van der Waals surface area contributed by atoms with Gasteiger partial charge in [0, 0.05) is 11.0 Å². The molecule has 6 atom stereocenters.